The molecule has 1 unspecified atom stereocenters. The molecule has 1 atom stereocenters. The van der Waals surface area contributed by atoms with E-state index in [2.05, 4.69) is 57.0 Å². The number of fused-ring (bicyclic) bond motifs is 1. The lowest BCUT2D eigenvalue weighted by Crippen LogP contribution is -2.34. The molecule has 2 nitrogen and oxygen atoms in total. The van der Waals surface area contributed by atoms with Crippen molar-refractivity contribution < 1.29 is 0 Å². The third-order valence-electron chi connectivity index (χ3n) is 3.49. The number of nitrogens with zero attached hydrogens (tertiary/aromatic N) is 2. The van der Waals surface area contributed by atoms with Gasteiger partial charge in [0.2, 0.25) is 0 Å². The lowest BCUT2D eigenvalue weighted by molar-refractivity contribution is 0.612. The number of anilines is 2. The third-order valence-corrected chi connectivity index (χ3v) is 4.11. The van der Waals surface area contributed by atoms with Gasteiger partial charge < -0.3 is 4.90 Å². The van der Waals surface area contributed by atoms with Gasteiger partial charge in [0.25, 0.3) is 0 Å². The van der Waals surface area contributed by atoms with Crippen LogP contribution >= 0.6 is 15.9 Å². The van der Waals surface area contributed by atoms with E-state index in [0.717, 1.165) is 16.7 Å². The van der Waals surface area contributed by atoms with Crippen LogP contribution in [0.4, 0.5) is 11.5 Å². The van der Waals surface area contributed by atoms with E-state index in [4.69, 9.17) is 0 Å². The van der Waals surface area contributed by atoms with E-state index in [1.54, 1.807) is 0 Å². The number of aromatic nitrogens is 1. The number of pyridine rings is 1. The van der Waals surface area contributed by atoms with Crippen molar-refractivity contribution in [2.75, 3.05) is 4.90 Å². The monoisotopic (exact) mass is 302 g/mol. The minimum absolute atomic E-state index is 0.478. The van der Waals surface area contributed by atoms with Crippen molar-refractivity contribution in [2.45, 2.75) is 25.8 Å². The number of rotatable bonds is 1. The predicted molar refractivity (Wildman–Crippen MR) is 78.3 cm³/mol. The largest absolute Gasteiger partial charge is 0.322 e. The normalized spacial score (nSPS) is 18.6. The Morgan fingerprint density at radius 3 is 2.89 bits per heavy atom. The van der Waals surface area contributed by atoms with Crippen LogP contribution in [0.25, 0.3) is 0 Å². The average molecular weight is 303 g/mol. The molecule has 0 amide bonds. The van der Waals surface area contributed by atoms with Crippen molar-refractivity contribution in [3.63, 3.8) is 0 Å². The SMILES string of the molecule is CC1CCc2ccccc2N1c1ncccc1Br. The van der Waals surface area contributed by atoms with E-state index in [-0.39, 0.29) is 0 Å². The predicted octanol–water partition coefficient (Wildman–Crippen LogP) is 4.32. The van der Waals surface area contributed by atoms with Gasteiger partial charge in [-0.05, 0) is 59.5 Å². The van der Waals surface area contributed by atoms with Crippen molar-refractivity contribution >= 4 is 27.4 Å². The van der Waals surface area contributed by atoms with E-state index < -0.39 is 0 Å². The maximum absolute atomic E-state index is 4.53. The maximum atomic E-state index is 4.53. The Balaban J connectivity index is 2.14. The lowest BCUT2D eigenvalue weighted by Gasteiger charge is -2.36. The van der Waals surface area contributed by atoms with Crippen molar-refractivity contribution in [1.82, 2.24) is 4.98 Å². The molecule has 1 aromatic heterocycles. The number of para-hydroxylation sites is 1. The highest BCUT2D eigenvalue weighted by Gasteiger charge is 2.25. The second-order valence-electron chi connectivity index (χ2n) is 4.70. The summed E-state index contributed by atoms with van der Waals surface area (Å²) >= 11 is 3.61. The standard InChI is InChI=1S/C15H15BrN2/c1-11-8-9-12-5-2-3-7-14(12)18(11)15-13(16)6-4-10-17-15/h2-7,10-11H,8-9H2,1H3. The van der Waals surface area contributed by atoms with Gasteiger partial charge in [-0.2, -0.15) is 0 Å². The van der Waals surface area contributed by atoms with Crippen molar-refractivity contribution in [2.24, 2.45) is 0 Å². The molecule has 0 spiro atoms. The zero-order chi connectivity index (χ0) is 12.5. The van der Waals surface area contributed by atoms with Gasteiger partial charge in [-0.25, -0.2) is 4.98 Å². The fourth-order valence-electron chi connectivity index (χ4n) is 2.57. The quantitative estimate of drug-likeness (QED) is 0.780. The smallest absolute Gasteiger partial charge is 0.147 e. The Bertz CT molecular complexity index is 568. The van der Waals surface area contributed by atoms with E-state index in [9.17, 15) is 0 Å². The molecule has 0 radical (unpaired) electrons. The molecule has 3 rings (SSSR count). The van der Waals surface area contributed by atoms with Gasteiger partial charge >= 0.3 is 0 Å². The van der Waals surface area contributed by atoms with Crippen LogP contribution in [-0.2, 0) is 6.42 Å². The fourth-order valence-corrected chi connectivity index (χ4v) is 3.01. The molecule has 3 heteroatoms. The molecule has 0 fully saturated rings. The Kier molecular flexibility index (Phi) is 3.08. The van der Waals surface area contributed by atoms with Crippen LogP contribution in [0, 0.1) is 0 Å². The minimum atomic E-state index is 0.478. The summed E-state index contributed by atoms with van der Waals surface area (Å²) in [6.07, 6.45) is 4.17. The molecule has 1 aromatic carbocycles. The highest BCUT2D eigenvalue weighted by atomic mass is 79.9. The van der Waals surface area contributed by atoms with Crippen LogP contribution in [0.3, 0.4) is 0 Å². The number of aryl methyl sites for hydroxylation is 1. The fraction of sp³-hybridized carbons (Fsp3) is 0.267. The van der Waals surface area contributed by atoms with Crippen LogP contribution in [0.1, 0.15) is 18.9 Å². The van der Waals surface area contributed by atoms with Crippen LogP contribution in [0.5, 0.6) is 0 Å². The molecule has 1 aliphatic rings. The maximum Gasteiger partial charge on any atom is 0.147 e. The molecule has 18 heavy (non-hydrogen) atoms. The number of benzene rings is 1. The van der Waals surface area contributed by atoms with Gasteiger partial charge in [0.15, 0.2) is 0 Å². The van der Waals surface area contributed by atoms with Crippen LogP contribution in [0.2, 0.25) is 0 Å². The third kappa shape index (κ3) is 1.93. The Hall–Kier alpha value is -1.35. The Morgan fingerprint density at radius 1 is 1.22 bits per heavy atom. The minimum Gasteiger partial charge on any atom is -0.322 e. The van der Waals surface area contributed by atoms with E-state index >= 15 is 0 Å². The molecule has 0 bridgehead atoms. The van der Waals surface area contributed by atoms with Gasteiger partial charge in [0.1, 0.15) is 5.82 Å². The molecule has 2 aromatic rings. The summed E-state index contributed by atoms with van der Waals surface area (Å²) in [7, 11) is 0. The average Bonchev–Trinajstić information content (AvgIpc) is 2.40. The molecule has 1 aliphatic heterocycles. The summed E-state index contributed by atoms with van der Waals surface area (Å²) in [5.41, 5.74) is 2.70. The molecule has 2 heterocycles. The van der Waals surface area contributed by atoms with Crippen molar-refractivity contribution in [3.8, 4) is 0 Å². The number of hydrogen-bond donors (Lipinski definition) is 0. The van der Waals surface area contributed by atoms with E-state index in [1.807, 2.05) is 18.3 Å². The summed E-state index contributed by atoms with van der Waals surface area (Å²) in [6, 6.07) is 13.1. The zero-order valence-electron chi connectivity index (χ0n) is 10.3. The Morgan fingerprint density at radius 2 is 2.06 bits per heavy atom. The highest BCUT2D eigenvalue weighted by Crippen LogP contribution is 2.38. The first-order chi connectivity index (χ1) is 8.77. The van der Waals surface area contributed by atoms with Crippen LogP contribution in [-0.4, -0.2) is 11.0 Å². The molecule has 0 N–H and O–H groups in total. The van der Waals surface area contributed by atoms with E-state index in [0.29, 0.717) is 6.04 Å². The molecular formula is C15H15BrN2. The van der Waals surface area contributed by atoms with Gasteiger partial charge in [0, 0.05) is 17.9 Å². The molecule has 92 valence electrons. The molecule has 0 saturated heterocycles. The summed E-state index contributed by atoms with van der Waals surface area (Å²) in [4.78, 5) is 6.87. The van der Waals surface area contributed by atoms with Crippen LogP contribution in [0.15, 0.2) is 47.1 Å². The summed E-state index contributed by atoms with van der Waals surface area (Å²) in [6.45, 7) is 2.26. The van der Waals surface area contributed by atoms with Gasteiger partial charge in [0.05, 0.1) is 4.47 Å². The second-order valence-corrected chi connectivity index (χ2v) is 5.55. The molecule has 0 aliphatic carbocycles. The van der Waals surface area contributed by atoms with Gasteiger partial charge in [-0.1, -0.05) is 18.2 Å². The van der Waals surface area contributed by atoms with Crippen molar-refractivity contribution in [3.05, 3.63) is 52.6 Å². The molecular weight excluding hydrogens is 288 g/mol. The highest BCUT2D eigenvalue weighted by molar-refractivity contribution is 9.10. The first-order valence-corrected chi connectivity index (χ1v) is 7.04. The summed E-state index contributed by atoms with van der Waals surface area (Å²) in [5, 5.41) is 0. The first kappa shape index (κ1) is 11.7. The zero-order valence-corrected chi connectivity index (χ0v) is 11.9. The number of halogens is 1. The van der Waals surface area contributed by atoms with E-state index in [1.165, 1.54) is 17.7 Å². The molecule has 0 saturated carbocycles. The van der Waals surface area contributed by atoms with Crippen LogP contribution < -0.4 is 4.90 Å². The number of hydrogen-bond acceptors (Lipinski definition) is 2. The second kappa shape index (κ2) is 4.73. The summed E-state index contributed by atoms with van der Waals surface area (Å²) < 4.78 is 1.05. The first-order valence-electron chi connectivity index (χ1n) is 6.25. The van der Waals surface area contributed by atoms with Gasteiger partial charge in [-0.15, -0.1) is 0 Å². The topological polar surface area (TPSA) is 16.1 Å². The summed E-state index contributed by atoms with van der Waals surface area (Å²) in [5.74, 6) is 1.01. The van der Waals surface area contributed by atoms with Gasteiger partial charge in [-0.3, -0.25) is 0 Å². The van der Waals surface area contributed by atoms with Crippen molar-refractivity contribution in [1.29, 1.82) is 0 Å². The lowest BCUT2D eigenvalue weighted by atomic mass is 9.96. The Labute approximate surface area is 116 Å².